The van der Waals surface area contributed by atoms with Gasteiger partial charge in [-0.1, -0.05) is 17.7 Å². The molecule has 0 bridgehead atoms. The summed E-state index contributed by atoms with van der Waals surface area (Å²) in [6, 6.07) is 5.40. The zero-order valence-corrected chi connectivity index (χ0v) is 20.6. The summed E-state index contributed by atoms with van der Waals surface area (Å²) >= 11 is 5.89. The molecule has 1 N–H and O–H groups in total. The molecular formula is C21H26ClN7O4S. The van der Waals surface area contributed by atoms with Crippen LogP contribution in [0, 0.1) is 0 Å². The molecular weight excluding hydrogens is 482 g/mol. The Morgan fingerprint density at radius 1 is 1.29 bits per heavy atom. The minimum absolute atomic E-state index is 0.000887. The van der Waals surface area contributed by atoms with Crippen molar-refractivity contribution in [3.05, 3.63) is 41.4 Å². The van der Waals surface area contributed by atoms with Crippen LogP contribution in [-0.2, 0) is 27.0 Å². The van der Waals surface area contributed by atoms with Crippen molar-refractivity contribution >= 4 is 28.5 Å². The second-order valence-electron chi connectivity index (χ2n) is 7.68. The van der Waals surface area contributed by atoms with Gasteiger partial charge in [0.2, 0.25) is 11.8 Å². The van der Waals surface area contributed by atoms with Crippen LogP contribution in [0.25, 0.3) is 11.5 Å². The van der Waals surface area contributed by atoms with Crippen LogP contribution < -0.4 is 9.46 Å². The number of anilines is 1. The average Bonchev–Trinajstić information content (AvgIpc) is 3.51. The molecule has 34 heavy (non-hydrogen) atoms. The molecule has 0 saturated carbocycles. The van der Waals surface area contributed by atoms with Crippen molar-refractivity contribution in [2.75, 3.05) is 25.5 Å². The standard InChI is InChI=1S/C21H26ClN7O4S/c1-13(18(32-3)19-23-10-14(22)11-24-19)34(30)28-21-27-26-20(16-7-4-8-17(25-16)31-2)29(21)12-15-6-5-9-33-15/h4,7-8,10-11,13,15,18H,5-6,9,12H2,1-3H3,(H,27,28). The zero-order valence-electron chi connectivity index (χ0n) is 19.0. The predicted octanol–water partition coefficient (Wildman–Crippen LogP) is 2.82. The lowest BCUT2D eigenvalue weighted by Crippen LogP contribution is -2.29. The Kier molecular flexibility index (Phi) is 8.03. The van der Waals surface area contributed by atoms with E-state index in [9.17, 15) is 4.21 Å². The number of aromatic nitrogens is 6. The van der Waals surface area contributed by atoms with Gasteiger partial charge < -0.3 is 14.2 Å². The Morgan fingerprint density at radius 3 is 2.76 bits per heavy atom. The first kappa shape index (κ1) is 24.5. The number of rotatable bonds is 10. The number of hydrogen-bond donors (Lipinski definition) is 1. The number of nitrogens with one attached hydrogen (secondary N) is 1. The molecule has 4 atom stereocenters. The van der Waals surface area contributed by atoms with E-state index in [0.29, 0.717) is 47.3 Å². The quantitative estimate of drug-likeness (QED) is 0.440. The van der Waals surface area contributed by atoms with Gasteiger partial charge in [0.05, 0.1) is 30.0 Å². The molecule has 3 aromatic rings. The number of methoxy groups -OCH3 is 2. The van der Waals surface area contributed by atoms with Crippen LogP contribution in [0.4, 0.5) is 5.95 Å². The average molecular weight is 508 g/mol. The van der Waals surface area contributed by atoms with Gasteiger partial charge in [0.25, 0.3) is 0 Å². The van der Waals surface area contributed by atoms with E-state index >= 15 is 0 Å². The maximum atomic E-state index is 13.3. The van der Waals surface area contributed by atoms with Gasteiger partial charge in [0.1, 0.15) is 22.8 Å². The third-order valence-corrected chi connectivity index (χ3v) is 6.93. The van der Waals surface area contributed by atoms with Crippen LogP contribution in [0.1, 0.15) is 31.7 Å². The molecule has 0 amide bonds. The molecule has 13 heteroatoms. The number of halogens is 1. The highest BCUT2D eigenvalue weighted by atomic mass is 35.5. The minimum Gasteiger partial charge on any atom is -0.481 e. The monoisotopic (exact) mass is 507 g/mol. The van der Waals surface area contributed by atoms with E-state index < -0.39 is 22.3 Å². The first-order valence-corrected chi connectivity index (χ1v) is 12.3. The van der Waals surface area contributed by atoms with Crippen molar-refractivity contribution in [3.63, 3.8) is 0 Å². The van der Waals surface area contributed by atoms with Crippen molar-refractivity contribution in [2.24, 2.45) is 0 Å². The van der Waals surface area contributed by atoms with Crippen molar-refractivity contribution in [1.82, 2.24) is 29.7 Å². The Balaban J connectivity index is 1.60. The van der Waals surface area contributed by atoms with Crippen LogP contribution in [0.2, 0.25) is 5.02 Å². The SMILES string of the molecule is COc1cccc(-c2nnc(NS(=O)C(C)C(OC)c3ncc(Cl)cn3)n2CC2CCCO2)n1. The van der Waals surface area contributed by atoms with Gasteiger partial charge in [0.15, 0.2) is 11.6 Å². The summed E-state index contributed by atoms with van der Waals surface area (Å²) in [5.41, 5.74) is 0.584. The fourth-order valence-corrected chi connectivity index (χ4v) is 4.73. The zero-order chi connectivity index (χ0) is 24.1. The third-order valence-electron chi connectivity index (χ3n) is 5.43. The maximum absolute atomic E-state index is 13.3. The molecule has 1 saturated heterocycles. The summed E-state index contributed by atoms with van der Waals surface area (Å²) < 4.78 is 34.7. The molecule has 4 heterocycles. The van der Waals surface area contributed by atoms with E-state index in [1.807, 2.05) is 16.7 Å². The van der Waals surface area contributed by atoms with Gasteiger partial charge in [-0.2, -0.15) is 0 Å². The number of pyridine rings is 1. The Bertz CT molecular complexity index is 1120. The topological polar surface area (TPSA) is 126 Å². The van der Waals surface area contributed by atoms with Gasteiger partial charge in [-0.05, 0) is 25.8 Å². The van der Waals surface area contributed by atoms with Crippen LogP contribution in [0.15, 0.2) is 30.6 Å². The molecule has 3 aromatic heterocycles. The normalized spacial score (nSPS) is 18.4. The highest BCUT2D eigenvalue weighted by Gasteiger charge is 2.29. The van der Waals surface area contributed by atoms with Crippen molar-refractivity contribution in [2.45, 2.75) is 43.8 Å². The molecule has 11 nitrogen and oxygen atoms in total. The fraction of sp³-hybridized carbons (Fsp3) is 0.476. The summed E-state index contributed by atoms with van der Waals surface area (Å²) in [6.07, 6.45) is 4.24. The number of ether oxygens (including phenoxy) is 3. The summed E-state index contributed by atoms with van der Waals surface area (Å²) in [4.78, 5) is 12.9. The van der Waals surface area contributed by atoms with Crippen molar-refractivity contribution in [3.8, 4) is 17.4 Å². The highest BCUT2D eigenvalue weighted by Crippen LogP contribution is 2.26. The number of nitrogens with zero attached hydrogens (tertiary/aromatic N) is 6. The summed E-state index contributed by atoms with van der Waals surface area (Å²) in [5, 5.41) is 8.48. The molecule has 1 aliphatic rings. The second-order valence-corrected chi connectivity index (χ2v) is 9.66. The van der Waals surface area contributed by atoms with E-state index in [1.54, 1.807) is 20.1 Å². The Hall–Kier alpha value is -2.67. The lowest BCUT2D eigenvalue weighted by molar-refractivity contribution is 0.0960. The Labute approximate surface area is 204 Å². The van der Waals surface area contributed by atoms with Crippen LogP contribution in [0.5, 0.6) is 5.88 Å². The largest absolute Gasteiger partial charge is 0.481 e. The summed E-state index contributed by atoms with van der Waals surface area (Å²) in [7, 11) is 1.46. The summed E-state index contributed by atoms with van der Waals surface area (Å²) in [5.74, 6) is 1.71. The third kappa shape index (κ3) is 5.52. The van der Waals surface area contributed by atoms with E-state index in [1.165, 1.54) is 19.5 Å². The van der Waals surface area contributed by atoms with Gasteiger partial charge >= 0.3 is 0 Å². The lowest BCUT2D eigenvalue weighted by atomic mass is 10.2. The predicted molar refractivity (Wildman–Crippen MR) is 127 cm³/mol. The molecule has 4 unspecified atom stereocenters. The smallest absolute Gasteiger partial charge is 0.236 e. The molecule has 182 valence electrons. The molecule has 0 aromatic carbocycles. The second kappa shape index (κ2) is 11.2. The Morgan fingerprint density at radius 2 is 2.09 bits per heavy atom. The molecule has 4 rings (SSSR count). The fourth-order valence-electron chi connectivity index (χ4n) is 3.66. The van der Waals surface area contributed by atoms with Gasteiger partial charge in [0, 0.05) is 32.2 Å². The number of hydrogen-bond acceptors (Lipinski definition) is 9. The van der Waals surface area contributed by atoms with Crippen LogP contribution in [-0.4, -0.2) is 66.1 Å². The van der Waals surface area contributed by atoms with Crippen LogP contribution >= 0.6 is 11.6 Å². The molecule has 1 aliphatic heterocycles. The lowest BCUT2D eigenvalue weighted by Gasteiger charge is -2.21. The first-order chi connectivity index (χ1) is 16.5. The molecule has 1 fully saturated rings. The van der Waals surface area contributed by atoms with Crippen LogP contribution in [0.3, 0.4) is 0 Å². The van der Waals surface area contributed by atoms with E-state index in [-0.39, 0.29) is 6.10 Å². The first-order valence-electron chi connectivity index (χ1n) is 10.7. The van der Waals surface area contributed by atoms with Gasteiger partial charge in [-0.15, -0.1) is 10.2 Å². The van der Waals surface area contributed by atoms with E-state index in [2.05, 4.69) is 29.9 Å². The van der Waals surface area contributed by atoms with Gasteiger partial charge in [-0.3, -0.25) is 9.29 Å². The van der Waals surface area contributed by atoms with Gasteiger partial charge in [-0.25, -0.2) is 19.2 Å². The van der Waals surface area contributed by atoms with E-state index in [0.717, 1.165) is 12.8 Å². The highest BCUT2D eigenvalue weighted by molar-refractivity contribution is 7.87. The molecule has 0 spiro atoms. The molecule has 0 radical (unpaired) electrons. The molecule has 0 aliphatic carbocycles. The van der Waals surface area contributed by atoms with Crippen molar-refractivity contribution in [1.29, 1.82) is 0 Å². The minimum atomic E-state index is -1.61. The maximum Gasteiger partial charge on any atom is 0.236 e. The summed E-state index contributed by atoms with van der Waals surface area (Å²) in [6.45, 7) is 2.98. The van der Waals surface area contributed by atoms with Crippen molar-refractivity contribution < 1.29 is 18.4 Å². The van der Waals surface area contributed by atoms with E-state index in [4.69, 9.17) is 25.8 Å².